The molecule has 0 atom stereocenters. The van der Waals surface area contributed by atoms with Crippen molar-refractivity contribution in [3.63, 3.8) is 0 Å². The molecule has 0 spiro atoms. The smallest absolute Gasteiger partial charge is 0.159 e. The summed E-state index contributed by atoms with van der Waals surface area (Å²) in [7, 11) is 0. The minimum absolute atomic E-state index is 0.672. The normalized spacial score (nSPS) is 16.8. The maximum atomic E-state index is 13.3. The minimum Gasteiger partial charge on any atom is -0.334 e. The average molecular weight is 320 g/mol. The van der Waals surface area contributed by atoms with Crippen molar-refractivity contribution in [3.05, 3.63) is 53.6 Å². The fourth-order valence-electron chi connectivity index (χ4n) is 2.96. The Labute approximate surface area is 135 Å². The van der Waals surface area contributed by atoms with Crippen LogP contribution in [0.2, 0.25) is 0 Å². The third kappa shape index (κ3) is 4.14. The quantitative estimate of drug-likeness (QED) is 0.845. The number of halogens is 2. The summed E-state index contributed by atoms with van der Waals surface area (Å²) in [4.78, 5) is 8.95. The van der Waals surface area contributed by atoms with Gasteiger partial charge in [-0.3, -0.25) is 9.80 Å². The lowest BCUT2D eigenvalue weighted by Crippen LogP contribution is -2.46. The molecule has 0 saturated carbocycles. The molecule has 1 fully saturated rings. The number of piperazine rings is 1. The van der Waals surface area contributed by atoms with Crippen LogP contribution in [0.15, 0.2) is 30.6 Å². The monoisotopic (exact) mass is 320 g/mol. The van der Waals surface area contributed by atoms with Crippen LogP contribution >= 0.6 is 0 Å². The van der Waals surface area contributed by atoms with Gasteiger partial charge in [-0.15, -0.1) is 0 Å². The molecule has 0 bridgehead atoms. The zero-order chi connectivity index (χ0) is 16.2. The molecule has 0 radical (unpaired) electrons. The molecule has 23 heavy (non-hydrogen) atoms. The third-order valence-corrected chi connectivity index (χ3v) is 4.44. The molecule has 0 unspecified atom stereocenters. The summed E-state index contributed by atoms with van der Waals surface area (Å²) < 4.78 is 28.4. The average Bonchev–Trinajstić information content (AvgIpc) is 2.95. The first-order valence-corrected chi connectivity index (χ1v) is 7.98. The molecule has 2 heterocycles. The molecule has 2 aromatic rings. The highest BCUT2D eigenvalue weighted by Gasteiger charge is 2.17. The van der Waals surface area contributed by atoms with Gasteiger partial charge in [0.15, 0.2) is 11.6 Å². The zero-order valence-corrected chi connectivity index (χ0v) is 13.4. The van der Waals surface area contributed by atoms with Crippen molar-refractivity contribution in [3.8, 4) is 0 Å². The molecule has 1 aliphatic heterocycles. The van der Waals surface area contributed by atoms with E-state index in [4.69, 9.17) is 0 Å². The van der Waals surface area contributed by atoms with Gasteiger partial charge < -0.3 is 4.57 Å². The second-order valence-corrected chi connectivity index (χ2v) is 6.03. The number of hydrogen-bond donors (Lipinski definition) is 0. The van der Waals surface area contributed by atoms with E-state index in [2.05, 4.69) is 19.4 Å². The molecule has 124 valence electrons. The van der Waals surface area contributed by atoms with Crippen LogP contribution in [0.25, 0.3) is 0 Å². The highest BCUT2D eigenvalue weighted by atomic mass is 19.2. The maximum absolute atomic E-state index is 13.3. The van der Waals surface area contributed by atoms with E-state index in [0.717, 1.165) is 50.7 Å². The highest BCUT2D eigenvalue weighted by Crippen LogP contribution is 2.12. The van der Waals surface area contributed by atoms with E-state index in [1.165, 1.54) is 12.1 Å². The van der Waals surface area contributed by atoms with Gasteiger partial charge in [-0.25, -0.2) is 13.8 Å². The molecular formula is C17H22F2N4. The molecule has 1 saturated heterocycles. The van der Waals surface area contributed by atoms with Crippen molar-refractivity contribution in [2.75, 3.05) is 32.7 Å². The van der Waals surface area contributed by atoms with E-state index in [9.17, 15) is 8.78 Å². The van der Waals surface area contributed by atoms with Crippen molar-refractivity contribution >= 4 is 0 Å². The molecule has 0 amide bonds. The molecule has 4 nitrogen and oxygen atoms in total. The summed E-state index contributed by atoms with van der Waals surface area (Å²) in [5.41, 5.74) is 0.825. The standard InChI is InChI=1S/C17H22F2N4/c1-14-20-4-5-23(14)11-10-21-6-8-22(9-7-21)13-15-2-3-16(18)17(19)12-15/h2-5,12H,6-11,13H2,1H3. The van der Waals surface area contributed by atoms with Gasteiger partial charge in [-0.05, 0) is 24.6 Å². The molecule has 1 aromatic carbocycles. The van der Waals surface area contributed by atoms with Crippen LogP contribution in [0.3, 0.4) is 0 Å². The van der Waals surface area contributed by atoms with Crippen molar-refractivity contribution < 1.29 is 8.78 Å². The van der Waals surface area contributed by atoms with Crippen molar-refractivity contribution in [2.45, 2.75) is 20.0 Å². The Morgan fingerprint density at radius 1 is 1.00 bits per heavy atom. The first-order valence-electron chi connectivity index (χ1n) is 7.98. The molecule has 1 aromatic heterocycles. The largest absolute Gasteiger partial charge is 0.334 e. The number of rotatable bonds is 5. The lowest BCUT2D eigenvalue weighted by Gasteiger charge is -2.34. The topological polar surface area (TPSA) is 24.3 Å². The van der Waals surface area contributed by atoms with Gasteiger partial charge in [0.1, 0.15) is 5.82 Å². The summed E-state index contributed by atoms with van der Waals surface area (Å²) in [6.07, 6.45) is 3.84. The second kappa shape index (κ2) is 7.19. The Morgan fingerprint density at radius 2 is 1.74 bits per heavy atom. The van der Waals surface area contributed by atoms with Crippen molar-refractivity contribution in [1.82, 2.24) is 19.4 Å². The summed E-state index contributed by atoms with van der Waals surface area (Å²) >= 11 is 0. The number of imidazole rings is 1. The van der Waals surface area contributed by atoms with Crippen LogP contribution < -0.4 is 0 Å². The second-order valence-electron chi connectivity index (χ2n) is 6.03. The van der Waals surface area contributed by atoms with E-state index >= 15 is 0 Å². The van der Waals surface area contributed by atoms with Crippen LogP contribution in [0.1, 0.15) is 11.4 Å². The highest BCUT2D eigenvalue weighted by molar-refractivity contribution is 5.17. The van der Waals surface area contributed by atoms with E-state index in [1.807, 2.05) is 19.3 Å². The maximum Gasteiger partial charge on any atom is 0.159 e. The van der Waals surface area contributed by atoms with Gasteiger partial charge in [0.05, 0.1) is 0 Å². The van der Waals surface area contributed by atoms with Gasteiger partial charge in [-0.1, -0.05) is 6.07 Å². The predicted molar refractivity (Wildman–Crippen MR) is 85.0 cm³/mol. The Balaban J connectivity index is 1.45. The molecule has 0 N–H and O–H groups in total. The summed E-state index contributed by atoms with van der Waals surface area (Å²) in [6, 6.07) is 4.16. The van der Waals surface area contributed by atoms with E-state index < -0.39 is 11.6 Å². The van der Waals surface area contributed by atoms with Crippen molar-refractivity contribution in [2.24, 2.45) is 0 Å². The van der Waals surface area contributed by atoms with Gasteiger partial charge in [0.25, 0.3) is 0 Å². The first kappa shape index (κ1) is 16.1. The Morgan fingerprint density at radius 3 is 2.39 bits per heavy atom. The third-order valence-electron chi connectivity index (χ3n) is 4.44. The van der Waals surface area contributed by atoms with Crippen LogP contribution in [0, 0.1) is 18.6 Å². The molecule has 6 heteroatoms. The Hall–Kier alpha value is -1.79. The van der Waals surface area contributed by atoms with Crippen LogP contribution in [0.4, 0.5) is 8.78 Å². The lowest BCUT2D eigenvalue weighted by atomic mass is 10.2. The molecule has 1 aliphatic rings. The number of benzene rings is 1. The zero-order valence-electron chi connectivity index (χ0n) is 13.4. The summed E-state index contributed by atoms with van der Waals surface area (Å²) in [5, 5.41) is 0. The van der Waals surface area contributed by atoms with Crippen molar-refractivity contribution in [1.29, 1.82) is 0 Å². The van der Waals surface area contributed by atoms with Crippen LogP contribution in [0.5, 0.6) is 0 Å². The van der Waals surface area contributed by atoms with Gasteiger partial charge >= 0.3 is 0 Å². The molecule has 0 aliphatic carbocycles. The number of nitrogens with zero attached hydrogens (tertiary/aromatic N) is 4. The van der Waals surface area contributed by atoms with Gasteiger partial charge in [0.2, 0.25) is 0 Å². The van der Waals surface area contributed by atoms with E-state index in [1.54, 1.807) is 6.07 Å². The number of aryl methyl sites for hydroxylation is 1. The minimum atomic E-state index is -0.784. The van der Waals surface area contributed by atoms with E-state index in [0.29, 0.717) is 6.54 Å². The Bertz CT molecular complexity index is 648. The lowest BCUT2D eigenvalue weighted by molar-refractivity contribution is 0.124. The number of hydrogen-bond acceptors (Lipinski definition) is 3. The summed E-state index contributed by atoms with van der Waals surface area (Å²) in [6.45, 7) is 8.54. The van der Waals surface area contributed by atoms with Gasteiger partial charge in [0, 0.05) is 58.2 Å². The fourth-order valence-corrected chi connectivity index (χ4v) is 2.96. The predicted octanol–water partition coefficient (Wildman–Crippen LogP) is 2.29. The van der Waals surface area contributed by atoms with E-state index in [-0.39, 0.29) is 0 Å². The van der Waals surface area contributed by atoms with Crippen LogP contribution in [-0.4, -0.2) is 52.1 Å². The SMILES string of the molecule is Cc1nccn1CCN1CCN(Cc2ccc(F)c(F)c2)CC1. The fraction of sp³-hybridized carbons (Fsp3) is 0.471. The van der Waals surface area contributed by atoms with Gasteiger partial charge in [-0.2, -0.15) is 0 Å². The molecule has 3 rings (SSSR count). The number of aromatic nitrogens is 2. The Kier molecular flexibility index (Phi) is 5.03. The first-order chi connectivity index (χ1) is 11.1. The molecular weight excluding hydrogens is 298 g/mol. The van der Waals surface area contributed by atoms with Crippen LogP contribution in [-0.2, 0) is 13.1 Å². The summed E-state index contributed by atoms with van der Waals surface area (Å²) in [5.74, 6) is -0.507.